The molecule has 2 nitrogen and oxygen atoms in total. The highest BCUT2D eigenvalue weighted by Crippen LogP contribution is 2.40. The van der Waals surface area contributed by atoms with Crippen LogP contribution in [0.4, 0.5) is 0 Å². The van der Waals surface area contributed by atoms with Crippen LogP contribution in [-0.2, 0) is 11.8 Å². The molecule has 0 heterocycles. The number of carbonyl (C=O) groups excluding carboxylic acids is 1. The van der Waals surface area contributed by atoms with Gasteiger partial charge < -0.3 is 4.90 Å². The Bertz CT molecular complexity index is 527. The van der Waals surface area contributed by atoms with Crippen molar-refractivity contribution in [2.45, 2.75) is 52.4 Å². The molecule has 1 aliphatic rings. The molecule has 1 amide bonds. The third-order valence-electron chi connectivity index (χ3n) is 4.49. The van der Waals surface area contributed by atoms with E-state index in [4.69, 9.17) is 0 Å². The van der Waals surface area contributed by atoms with Gasteiger partial charge in [0.2, 0.25) is 0 Å². The fourth-order valence-corrected chi connectivity index (χ4v) is 3.34. The van der Waals surface area contributed by atoms with Crippen molar-refractivity contribution in [3.05, 3.63) is 33.9 Å². The van der Waals surface area contributed by atoms with E-state index in [1.54, 1.807) is 4.90 Å². The third kappa shape index (κ3) is 2.29. The zero-order chi connectivity index (χ0) is 14.4. The Morgan fingerprint density at radius 3 is 2.47 bits per heavy atom. The van der Waals surface area contributed by atoms with Crippen LogP contribution in [-0.4, -0.2) is 24.9 Å². The molecule has 2 rings (SSSR count). The lowest BCUT2D eigenvalue weighted by molar-refractivity contribution is 0.0826. The van der Waals surface area contributed by atoms with E-state index in [1.807, 2.05) is 14.1 Å². The number of hydrogen-bond donors (Lipinski definition) is 0. The Morgan fingerprint density at radius 1 is 1.26 bits per heavy atom. The van der Waals surface area contributed by atoms with Crippen LogP contribution in [0.25, 0.3) is 0 Å². The van der Waals surface area contributed by atoms with Crippen molar-refractivity contribution < 1.29 is 4.79 Å². The highest BCUT2D eigenvalue weighted by molar-refractivity contribution is 5.97. The number of nitrogens with zero attached hydrogens (tertiary/aromatic N) is 1. The summed E-state index contributed by atoms with van der Waals surface area (Å²) < 4.78 is 0. The summed E-state index contributed by atoms with van der Waals surface area (Å²) in [5.74, 6) is 0.126. The van der Waals surface area contributed by atoms with Crippen molar-refractivity contribution in [1.82, 2.24) is 4.90 Å². The second-order valence-corrected chi connectivity index (χ2v) is 6.66. The van der Waals surface area contributed by atoms with Crippen LogP contribution in [0.1, 0.15) is 59.3 Å². The molecule has 0 saturated heterocycles. The molecule has 1 aromatic rings. The van der Waals surface area contributed by atoms with Crippen molar-refractivity contribution in [2.75, 3.05) is 14.1 Å². The lowest BCUT2D eigenvalue weighted by Gasteiger charge is -2.35. The van der Waals surface area contributed by atoms with Crippen LogP contribution in [0.15, 0.2) is 6.07 Å². The normalized spacial score (nSPS) is 16.9. The van der Waals surface area contributed by atoms with Gasteiger partial charge in [-0.15, -0.1) is 0 Å². The quantitative estimate of drug-likeness (QED) is 0.754. The van der Waals surface area contributed by atoms with Crippen LogP contribution < -0.4 is 0 Å². The van der Waals surface area contributed by atoms with Crippen LogP contribution in [0.5, 0.6) is 0 Å². The Labute approximate surface area is 116 Å². The number of aryl methyl sites for hydroxylation is 1. The maximum atomic E-state index is 12.4. The van der Waals surface area contributed by atoms with Gasteiger partial charge in [0, 0.05) is 19.7 Å². The molecule has 1 aliphatic carbocycles. The van der Waals surface area contributed by atoms with Crippen LogP contribution >= 0.6 is 0 Å². The molecule has 0 spiro atoms. The van der Waals surface area contributed by atoms with Crippen LogP contribution in [0.3, 0.4) is 0 Å². The standard InChI is InChI=1S/C17H25NO/c1-11-10-14-13(8-7-9-17(14,3)4)12(2)15(11)16(19)18(5)6/h10H,7-9H2,1-6H3. The van der Waals surface area contributed by atoms with Crippen LogP contribution in [0, 0.1) is 13.8 Å². The van der Waals surface area contributed by atoms with Crippen molar-refractivity contribution in [3.63, 3.8) is 0 Å². The second-order valence-electron chi connectivity index (χ2n) is 6.66. The lowest BCUT2D eigenvalue weighted by atomic mass is 9.70. The van der Waals surface area contributed by atoms with Gasteiger partial charge in [0.1, 0.15) is 0 Å². The molecule has 0 aliphatic heterocycles. The van der Waals surface area contributed by atoms with Gasteiger partial charge in [-0.05, 0) is 60.8 Å². The van der Waals surface area contributed by atoms with Crippen molar-refractivity contribution >= 4 is 5.91 Å². The molecule has 0 unspecified atom stereocenters. The average molecular weight is 259 g/mol. The van der Waals surface area contributed by atoms with E-state index in [9.17, 15) is 4.79 Å². The molecule has 2 heteroatoms. The first-order valence-corrected chi connectivity index (χ1v) is 7.11. The van der Waals surface area contributed by atoms with E-state index < -0.39 is 0 Å². The van der Waals surface area contributed by atoms with Gasteiger partial charge in [-0.25, -0.2) is 0 Å². The lowest BCUT2D eigenvalue weighted by Crippen LogP contribution is -2.28. The minimum Gasteiger partial charge on any atom is -0.345 e. The van der Waals surface area contributed by atoms with Gasteiger partial charge in [0.05, 0.1) is 0 Å². The number of fused-ring (bicyclic) bond motifs is 1. The highest BCUT2D eigenvalue weighted by atomic mass is 16.2. The molecule has 1 aromatic carbocycles. The first-order chi connectivity index (χ1) is 8.75. The molecular formula is C17H25NO. The Morgan fingerprint density at radius 2 is 1.89 bits per heavy atom. The Balaban J connectivity index is 2.66. The summed E-state index contributed by atoms with van der Waals surface area (Å²) in [5, 5.41) is 0. The van der Waals surface area contributed by atoms with Gasteiger partial charge >= 0.3 is 0 Å². The van der Waals surface area contributed by atoms with Gasteiger partial charge in [0.15, 0.2) is 0 Å². The monoisotopic (exact) mass is 259 g/mol. The number of amides is 1. The van der Waals surface area contributed by atoms with Crippen molar-refractivity contribution in [2.24, 2.45) is 0 Å². The fraction of sp³-hybridized carbons (Fsp3) is 0.588. The second kappa shape index (κ2) is 4.66. The molecule has 0 atom stereocenters. The summed E-state index contributed by atoms with van der Waals surface area (Å²) in [5.41, 5.74) is 6.31. The fourth-order valence-electron chi connectivity index (χ4n) is 3.34. The summed E-state index contributed by atoms with van der Waals surface area (Å²) >= 11 is 0. The smallest absolute Gasteiger partial charge is 0.253 e. The summed E-state index contributed by atoms with van der Waals surface area (Å²) in [6.07, 6.45) is 3.57. The molecular weight excluding hydrogens is 234 g/mol. The molecule has 0 N–H and O–H groups in total. The number of benzene rings is 1. The van der Waals surface area contributed by atoms with Gasteiger partial charge in [-0.1, -0.05) is 19.9 Å². The van der Waals surface area contributed by atoms with Crippen molar-refractivity contribution in [1.29, 1.82) is 0 Å². The zero-order valence-electron chi connectivity index (χ0n) is 13.1. The minimum atomic E-state index is 0.126. The maximum Gasteiger partial charge on any atom is 0.253 e. The molecule has 0 saturated carbocycles. The molecule has 0 bridgehead atoms. The topological polar surface area (TPSA) is 20.3 Å². The molecule has 0 aromatic heterocycles. The Kier molecular flexibility index (Phi) is 3.46. The summed E-state index contributed by atoms with van der Waals surface area (Å²) in [4.78, 5) is 14.0. The van der Waals surface area contributed by atoms with Gasteiger partial charge in [-0.3, -0.25) is 4.79 Å². The SMILES string of the molecule is Cc1cc2c(c(C)c1C(=O)N(C)C)CCCC2(C)C. The number of carbonyl (C=O) groups is 1. The van der Waals surface area contributed by atoms with Crippen molar-refractivity contribution in [3.8, 4) is 0 Å². The summed E-state index contributed by atoms with van der Waals surface area (Å²) in [6, 6.07) is 2.25. The Hall–Kier alpha value is -1.31. The first-order valence-electron chi connectivity index (χ1n) is 7.11. The summed E-state index contributed by atoms with van der Waals surface area (Å²) in [6.45, 7) is 8.81. The largest absolute Gasteiger partial charge is 0.345 e. The van der Waals surface area contributed by atoms with Crippen LogP contribution in [0.2, 0.25) is 0 Å². The predicted octanol–water partition coefficient (Wildman–Crippen LogP) is 3.62. The average Bonchev–Trinajstić information content (AvgIpc) is 2.30. The van der Waals surface area contributed by atoms with E-state index in [0.29, 0.717) is 0 Å². The van der Waals surface area contributed by atoms with E-state index in [1.165, 1.54) is 29.5 Å². The summed E-state index contributed by atoms with van der Waals surface area (Å²) in [7, 11) is 3.65. The van der Waals surface area contributed by atoms with Gasteiger partial charge in [-0.2, -0.15) is 0 Å². The number of rotatable bonds is 1. The maximum absolute atomic E-state index is 12.4. The molecule has 0 fully saturated rings. The van der Waals surface area contributed by atoms with E-state index in [0.717, 1.165) is 17.5 Å². The van der Waals surface area contributed by atoms with E-state index in [-0.39, 0.29) is 11.3 Å². The highest BCUT2D eigenvalue weighted by Gasteiger charge is 2.30. The molecule has 104 valence electrons. The van der Waals surface area contributed by atoms with Gasteiger partial charge in [0.25, 0.3) is 5.91 Å². The molecule has 0 radical (unpaired) electrons. The number of hydrogen-bond acceptors (Lipinski definition) is 1. The predicted molar refractivity (Wildman–Crippen MR) is 79.9 cm³/mol. The van der Waals surface area contributed by atoms with E-state index >= 15 is 0 Å². The third-order valence-corrected chi connectivity index (χ3v) is 4.49. The zero-order valence-corrected chi connectivity index (χ0v) is 13.1. The first kappa shape index (κ1) is 14.1. The minimum absolute atomic E-state index is 0.126. The van der Waals surface area contributed by atoms with E-state index in [2.05, 4.69) is 33.8 Å². The molecule has 19 heavy (non-hydrogen) atoms.